The van der Waals surface area contributed by atoms with Crippen molar-refractivity contribution in [3.8, 4) is 11.3 Å². The summed E-state index contributed by atoms with van der Waals surface area (Å²) in [6.07, 6.45) is 0.738. The third kappa shape index (κ3) is 8.74. The number of aromatic nitrogens is 1. The molecule has 2 atom stereocenters. The second-order valence-electron chi connectivity index (χ2n) is 10.8. The minimum absolute atomic E-state index is 0. The maximum atomic E-state index is 10.1. The Kier molecular flexibility index (Phi) is 12.4. The summed E-state index contributed by atoms with van der Waals surface area (Å²) in [6.45, 7) is 16.6. The third-order valence-corrected chi connectivity index (χ3v) is 6.90. The van der Waals surface area contributed by atoms with E-state index in [1.165, 1.54) is 63.6 Å². The SMILES string of the molecule is CC([O-])CC(C)[O-].Cc1cc(C)c(B(c2cccc(-c3ccccn3)c2)c2c(C)cc(C)cc2C)c(C)c1.[Pt+2]. The standard InChI is InChI=1S/C29H30BN.C5H10O2.Pt/c1-19-14-21(3)28(22(4)15-19)30(29-23(5)16-20(2)17-24(29)6)26-11-9-10-25(18-26)27-12-7-8-13-31-27;1-4(6)3-5(2)7;/h7-18H,1-6H3;4-5H,3H2,1-2H3;/q;-2;+2. The van der Waals surface area contributed by atoms with E-state index in [0.717, 1.165) is 11.3 Å². The van der Waals surface area contributed by atoms with E-state index in [2.05, 4.69) is 107 Å². The van der Waals surface area contributed by atoms with Crippen LogP contribution in [-0.4, -0.2) is 23.9 Å². The Balaban J connectivity index is 0.000000592. The zero-order chi connectivity index (χ0) is 28.0. The normalized spacial score (nSPS) is 12.1. The zero-order valence-corrected chi connectivity index (χ0v) is 26.7. The monoisotopic (exact) mass is 700 g/mol. The van der Waals surface area contributed by atoms with Crippen molar-refractivity contribution in [3.63, 3.8) is 0 Å². The minimum atomic E-state index is -0.688. The fraction of sp³-hybridized carbons (Fsp3) is 0.324. The van der Waals surface area contributed by atoms with Gasteiger partial charge < -0.3 is 10.2 Å². The molecule has 4 aromatic rings. The molecule has 3 aromatic carbocycles. The fourth-order valence-corrected chi connectivity index (χ4v) is 5.65. The van der Waals surface area contributed by atoms with Gasteiger partial charge in [0, 0.05) is 6.20 Å². The molecule has 1 aromatic heterocycles. The molecule has 0 aliphatic heterocycles. The van der Waals surface area contributed by atoms with Gasteiger partial charge in [-0.1, -0.05) is 125 Å². The van der Waals surface area contributed by atoms with Gasteiger partial charge in [0.25, 0.3) is 0 Å². The first-order valence-electron chi connectivity index (χ1n) is 13.5. The van der Waals surface area contributed by atoms with Crippen LogP contribution in [0.2, 0.25) is 0 Å². The number of hydrogen-bond donors (Lipinski definition) is 0. The van der Waals surface area contributed by atoms with E-state index >= 15 is 0 Å². The van der Waals surface area contributed by atoms with Gasteiger partial charge in [0.15, 0.2) is 0 Å². The smallest absolute Gasteiger partial charge is 0.852 e. The number of rotatable bonds is 6. The maximum Gasteiger partial charge on any atom is 2.00 e. The molecule has 0 N–H and O–H groups in total. The molecule has 0 spiro atoms. The second kappa shape index (κ2) is 14.8. The molecule has 0 bridgehead atoms. The van der Waals surface area contributed by atoms with Crippen molar-refractivity contribution in [3.05, 3.63) is 106 Å². The van der Waals surface area contributed by atoms with Gasteiger partial charge in [0.2, 0.25) is 6.71 Å². The van der Waals surface area contributed by atoms with Crippen molar-refractivity contribution >= 4 is 23.1 Å². The number of nitrogens with zero attached hydrogens (tertiary/aromatic N) is 1. The first-order valence-corrected chi connectivity index (χ1v) is 13.5. The van der Waals surface area contributed by atoms with Gasteiger partial charge in [-0.3, -0.25) is 4.98 Å². The van der Waals surface area contributed by atoms with Crippen LogP contribution in [0.15, 0.2) is 72.9 Å². The maximum absolute atomic E-state index is 10.1. The summed E-state index contributed by atoms with van der Waals surface area (Å²) < 4.78 is 0. The number of pyridine rings is 1. The Hall–Kier alpha value is -2.52. The number of aryl methyl sites for hydroxylation is 6. The molecule has 0 radical (unpaired) electrons. The van der Waals surface area contributed by atoms with Gasteiger partial charge in [-0.05, 0) is 59.2 Å². The van der Waals surface area contributed by atoms with Crippen LogP contribution in [-0.2, 0) is 21.1 Å². The van der Waals surface area contributed by atoms with Gasteiger partial charge in [-0.2, -0.15) is 0 Å². The number of benzene rings is 3. The summed E-state index contributed by atoms with van der Waals surface area (Å²) in [5, 5.41) is 20.3. The molecule has 0 saturated carbocycles. The van der Waals surface area contributed by atoms with Crippen molar-refractivity contribution in [2.45, 2.75) is 74.0 Å². The van der Waals surface area contributed by atoms with Crippen molar-refractivity contribution in [2.75, 3.05) is 0 Å². The summed E-state index contributed by atoms with van der Waals surface area (Å²) in [6, 6.07) is 24.3. The molecule has 3 nitrogen and oxygen atoms in total. The first-order chi connectivity index (χ1) is 18.0. The minimum Gasteiger partial charge on any atom is -0.852 e. The Morgan fingerprint density at radius 2 is 1.15 bits per heavy atom. The van der Waals surface area contributed by atoms with Crippen LogP contribution < -0.4 is 26.6 Å². The molecular formula is C34H40BNO2Pt. The average molecular weight is 701 g/mol. The van der Waals surface area contributed by atoms with E-state index in [1.54, 1.807) is 0 Å². The molecule has 0 saturated heterocycles. The second-order valence-corrected chi connectivity index (χ2v) is 10.8. The van der Waals surface area contributed by atoms with Gasteiger partial charge >= 0.3 is 21.1 Å². The zero-order valence-electron chi connectivity index (χ0n) is 24.4. The molecule has 2 unspecified atom stereocenters. The van der Waals surface area contributed by atoms with E-state index in [9.17, 15) is 10.2 Å². The predicted octanol–water partition coefficient (Wildman–Crippen LogP) is 3.99. The molecule has 0 amide bonds. The van der Waals surface area contributed by atoms with Crippen LogP contribution in [0.5, 0.6) is 0 Å². The van der Waals surface area contributed by atoms with Gasteiger partial charge in [0.1, 0.15) is 0 Å². The van der Waals surface area contributed by atoms with Gasteiger partial charge in [-0.25, -0.2) is 0 Å². The van der Waals surface area contributed by atoms with Crippen LogP contribution >= 0.6 is 0 Å². The van der Waals surface area contributed by atoms with E-state index in [4.69, 9.17) is 0 Å². The molecule has 4 rings (SSSR count). The molecule has 39 heavy (non-hydrogen) atoms. The molecular weight excluding hydrogens is 660 g/mol. The van der Waals surface area contributed by atoms with E-state index in [0.29, 0.717) is 0 Å². The topological polar surface area (TPSA) is 59.0 Å². The molecule has 0 fully saturated rings. The quantitative estimate of drug-likeness (QED) is 0.286. The van der Waals surface area contributed by atoms with Crippen LogP contribution in [0, 0.1) is 41.5 Å². The van der Waals surface area contributed by atoms with Crippen molar-refractivity contribution < 1.29 is 31.3 Å². The van der Waals surface area contributed by atoms with Crippen molar-refractivity contribution in [1.82, 2.24) is 4.98 Å². The average Bonchev–Trinajstić information content (AvgIpc) is 2.82. The summed E-state index contributed by atoms with van der Waals surface area (Å²) in [7, 11) is 0. The molecule has 0 aliphatic carbocycles. The number of hydrogen-bond acceptors (Lipinski definition) is 3. The van der Waals surface area contributed by atoms with E-state index < -0.39 is 12.2 Å². The molecule has 5 heteroatoms. The summed E-state index contributed by atoms with van der Waals surface area (Å²) in [5.74, 6) is 0. The summed E-state index contributed by atoms with van der Waals surface area (Å²) in [4.78, 5) is 4.59. The van der Waals surface area contributed by atoms with Crippen LogP contribution in [0.4, 0.5) is 0 Å². The largest absolute Gasteiger partial charge is 2.00 e. The van der Waals surface area contributed by atoms with Crippen molar-refractivity contribution in [1.29, 1.82) is 0 Å². The third-order valence-electron chi connectivity index (χ3n) is 6.90. The first kappa shape index (κ1) is 32.7. The summed E-state index contributed by atoms with van der Waals surface area (Å²) >= 11 is 0. The molecule has 206 valence electrons. The predicted molar refractivity (Wildman–Crippen MR) is 159 cm³/mol. The van der Waals surface area contributed by atoms with Gasteiger partial charge in [0.05, 0.1) is 5.69 Å². The van der Waals surface area contributed by atoms with Crippen LogP contribution in [0.25, 0.3) is 11.3 Å². The van der Waals surface area contributed by atoms with E-state index in [1.807, 2.05) is 12.3 Å². The Bertz CT molecular complexity index is 1260. The summed E-state index contributed by atoms with van der Waals surface area (Å²) in [5.41, 5.74) is 14.4. The van der Waals surface area contributed by atoms with Gasteiger partial charge in [-0.15, -0.1) is 12.2 Å². The Labute approximate surface area is 250 Å². The molecule has 0 aliphatic rings. The van der Waals surface area contributed by atoms with Crippen LogP contribution in [0.1, 0.15) is 53.6 Å². The van der Waals surface area contributed by atoms with Crippen molar-refractivity contribution in [2.24, 2.45) is 0 Å². The van der Waals surface area contributed by atoms with E-state index in [-0.39, 0.29) is 34.2 Å². The fourth-order valence-electron chi connectivity index (χ4n) is 5.65. The molecule has 1 heterocycles. The van der Waals surface area contributed by atoms with Crippen LogP contribution in [0.3, 0.4) is 0 Å². The Morgan fingerprint density at radius 3 is 1.54 bits per heavy atom. The Morgan fingerprint density at radius 1 is 0.667 bits per heavy atom.